The van der Waals surface area contributed by atoms with E-state index in [9.17, 15) is 0 Å². The first-order chi connectivity index (χ1) is 29.2. The van der Waals surface area contributed by atoms with Gasteiger partial charge in [-0.3, -0.25) is 4.98 Å². The third-order valence-corrected chi connectivity index (χ3v) is 11.4. The number of rotatable bonds is 7. The lowest BCUT2D eigenvalue weighted by Gasteiger charge is -2.28. The SMILES string of the molecule is c1ccc(C2=NC(c3cccc(-c4cccc(N5c6c(c7cnccc7c7ccccc67)NC5c5ccccc5)c4)c3)N=C(c3ccc(-c4ccccc4)cc3)N2)cc1. The van der Waals surface area contributed by atoms with Gasteiger partial charge in [0.25, 0.3) is 0 Å². The van der Waals surface area contributed by atoms with Crippen molar-refractivity contribution in [3.8, 4) is 22.3 Å². The number of benzene rings is 8. The van der Waals surface area contributed by atoms with E-state index in [1.807, 2.05) is 36.7 Å². The van der Waals surface area contributed by atoms with E-state index in [1.54, 1.807) is 0 Å². The Hall–Kier alpha value is -7.83. The van der Waals surface area contributed by atoms with E-state index >= 15 is 0 Å². The van der Waals surface area contributed by atoms with Crippen molar-refractivity contribution in [2.45, 2.75) is 12.3 Å². The van der Waals surface area contributed by atoms with E-state index in [1.165, 1.54) is 27.3 Å². The predicted octanol–water partition coefficient (Wildman–Crippen LogP) is 12.5. The fourth-order valence-electron chi connectivity index (χ4n) is 8.54. The zero-order valence-electron chi connectivity index (χ0n) is 32.1. The number of hydrogen-bond donors (Lipinski definition) is 2. The summed E-state index contributed by atoms with van der Waals surface area (Å²) in [5.41, 5.74) is 12.1. The molecule has 0 spiro atoms. The zero-order chi connectivity index (χ0) is 39.1. The van der Waals surface area contributed by atoms with Gasteiger partial charge in [-0.15, -0.1) is 0 Å². The fraction of sp³-hybridized carbons (Fsp3) is 0.0377. The van der Waals surface area contributed by atoms with Gasteiger partial charge in [-0.1, -0.05) is 170 Å². The Morgan fingerprint density at radius 2 is 0.966 bits per heavy atom. The van der Waals surface area contributed by atoms with E-state index < -0.39 is 6.17 Å². The first-order valence-corrected chi connectivity index (χ1v) is 20.0. The van der Waals surface area contributed by atoms with Crippen molar-refractivity contribution >= 4 is 50.3 Å². The van der Waals surface area contributed by atoms with Crippen molar-refractivity contribution in [1.82, 2.24) is 10.3 Å². The van der Waals surface area contributed by atoms with E-state index in [0.29, 0.717) is 0 Å². The largest absolute Gasteiger partial charge is 0.359 e. The maximum atomic E-state index is 5.23. The number of nitrogens with one attached hydrogen (secondary N) is 2. The minimum Gasteiger partial charge on any atom is -0.359 e. The summed E-state index contributed by atoms with van der Waals surface area (Å²) < 4.78 is 0. The molecule has 2 aliphatic heterocycles. The summed E-state index contributed by atoms with van der Waals surface area (Å²) >= 11 is 0. The second-order valence-corrected chi connectivity index (χ2v) is 15.0. The van der Waals surface area contributed by atoms with Gasteiger partial charge in [0.1, 0.15) is 17.8 Å². The van der Waals surface area contributed by atoms with Gasteiger partial charge in [0.05, 0.1) is 11.4 Å². The third-order valence-electron chi connectivity index (χ3n) is 11.4. The molecular formula is C53H38N6. The van der Waals surface area contributed by atoms with Crippen LogP contribution in [0.2, 0.25) is 0 Å². The molecule has 2 aliphatic rings. The lowest BCUT2D eigenvalue weighted by molar-refractivity contribution is 0.756. The molecule has 2 atom stereocenters. The Balaban J connectivity index is 0.998. The molecule has 6 nitrogen and oxygen atoms in total. The molecule has 1 aromatic heterocycles. The zero-order valence-corrected chi connectivity index (χ0v) is 32.1. The molecule has 0 bridgehead atoms. The molecule has 59 heavy (non-hydrogen) atoms. The third kappa shape index (κ3) is 6.28. The number of nitrogens with zero attached hydrogens (tertiary/aromatic N) is 4. The molecule has 0 saturated heterocycles. The maximum Gasteiger partial charge on any atom is 0.169 e. The Morgan fingerprint density at radius 3 is 1.71 bits per heavy atom. The molecule has 3 heterocycles. The summed E-state index contributed by atoms with van der Waals surface area (Å²) in [6.45, 7) is 0. The van der Waals surface area contributed by atoms with Crippen molar-refractivity contribution in [1.29, 1.82) is 0 Å². The molecule has 0 fully saturated rings. The summed E-state index contributed by atoms with van der Waals surface area (Å²) in [6.07, 6.45) is 3.30. The molecular weight excluding hydrogens is 721 g/mol. The van der Waals surface area contributed by atoms with Crippen LogP contribution in [0.25, 0.3) is 43.8 Å². The molecule has 11 rings (SSSR count). The fourth-order valence-corrected chi connectivity index (χ4v) is 8.54. The monoisotopic (exact) mass is 758 g/mol. The highest BCUT2D eigenvalue weighted by atomic mass is 15.3. The Labute approximate surface area is 342 Å². The van der Waals surface area contributed by atoms with Crippen LogP contribution in [0.1, 0.15) is 34.6 Å². The van der Waals surface area contributed by atoms with Gasteiger partial charge in [0.15, 0.2) is 6.17 Å². The van der Waals surface area contributed by atoms with Crippen LogP contribution in [0.3, 0.4) is 0 Å². The smallest absolute Gasteiger partial charge is 0.169 e. The number of fused-ring (bicyclic) bond motifs is 6. The number of hydrogen-bond acceptors (Lipinski definition) is 6. The Bertz CT molecular complexity index is 3050. The van der Waals surface area contributed by atoms with Crippen LogP contribution in [0.4, 0.5) is 17.1 Å². The Morgan fingerprint density at radius 1 is 0.424 bits per heavy atom. The second kappa shape index (κ2) is 14.6. The Kier molecular flexibility index (Phi) is 8.51. The maximum absolute atomic E-state index is 5.23. The molecule has 9 aromatic rings. The minimum atomic E-state index is -0.441. The highest BCUT2D eigenvalue weighted by Crippen LogP contribution is 2.53. The highest BCUT2D eigenvalue weighted by Gasteiger charge is 2.35. The predicted molar refractivity (Wildman–Crippen MR) is 243 cm³/mol. The number of aliphatic imine (C=N–C) groups is 2. The van der Waals surface area contributed by atoms with E-state index in [4.69, 9.17) is 9.98 Å². The van der Waals surface area contributed by atoms with E-state index in [-0.39, 0.29) is 6.17 Å². The van der Waals surface area contributed by atoms with Gasteiger partial charge in [0.2, 0.25) is 0 Å². The molecule has 280 valence electrons. The standard InChI is InChI=1S/C53H38N6/c1-4-14-35(15-5-1)36-26-28-38(29-27-36)51-56-50(37-16-6-2-7-17-37)57-52(58-51)42-22-12-20-40(32-42)41-21-13-23-43(33-41)59-49-46-25-11-10-24-44(46)45-30-31-54-34-47(45)48(49)55-53(59)39-18-8-3-9-19-39/h1-34,52-53,55H,(H,56,57,58). The molecule has 2 unspecified atom stereocenters. The summed E-state index contributed by atoms with van der Waals surface area (Å²) in [5, 5.41) is 12.2. The molecule has 6 heteroatoms. The lowest BCUT2D eigenvalue weighted by atomic mass is 9.98. The van der Waals surface area contributed by atoms with Gasteiger partial charge in [-0.05, 0) is 68.4 Å². The summed E-state index contributed by atoms with van der Waals surface area (Å²) in [4.78, 5) is 17.5. The minimum absolute atomic E-state index is 0.128. The molecule has 2 N–H and O–H groups in total. The molecule has 0 radical (unpaired) electrons. The van der Waals surface area contributed by atoms with Crippen LogP contribution in [-0.4, -0.2) is 16.7 Å². The van der Waals surface area contributed by atoms with Crippen molar-refractivity contribution < 1.29 is 0 Å². The summed E-state index contributed by atoms with van der Waals surface area (Å²) in [5.74, 6) is 1.58. The molecule has 0 amide bonds. The second-order valence-electron chi connectivity index (χ2n) is 15.0. The average Bonchev–Trinajstić information content (AvgIpc) is 3.74. The van der Waals surface area contributed by atoms with Gasteiger partial charge in [-0.2, -0.15) is 0 Å². The number of aromatic nitrogens is 1. The van der Waals surface area contributed by atoms with Gasteiger partial charge >= 0.3 is 0 Å². The van der Waals surface area contributed by atoms with Crippen LogP contribution in [0.5, 0.6) is 0 Å². The van der Waals surface area contributed by atoms with Crippen LogP contribution in [-0.2, 0) is 0 Å². The number of pyridine rings is 1. The molecule has 0 aliphatic carbocycles. The van der Waals surface area contributed by atoms with Crippen LogP contribution in [0.15, 0.2) is 217 Å². The highest BCUT2D eigenvalue weighted by molar-refractivity contribution is 6.22. The lowest BCUT2D eigenvalue weighted by Crippen LogP contribution is -2.36. The van der Waals surface area contributed by atoms with E-state index in [0.717, 1.165) is 67.5 Å². The molecule has 8 aromatic carbocycles. The first kappa shape index (κ1) is 34.4. The topological polar surface area (TPSA) is 64.9 Å². The van der Waals surface area contributed by atoms with Crippen molar-refractivity contribution in [3.05, 3.63) is 229 Å². The molecule has 0 saturated carbocycles. The van der Waals surface area contributed by atoms with Crippen LogP contribution >= 0.6 is 0 Å². The van der Waals surface area contributed by atoms with Crippen molar-refractivity contribution in [2.75, 3.05) is 10.2 Å². The van der Waals surface area contributed by atoms with Gasteiger partial charge < -0.3 is 15.5 Å². The first-order valence-electron chi connectivity index (χ1n) is 20.0. The van der Waals surface area contributed by atoms with Crippen LogP contribution < -0.4 is 15.5 Å². The normalized spacial score (nSPS) is 15.9. The summed E-state index contributed by atoms with van der Waals surface area (Å²) in [7, 11) is 0. The number of anilines is 3. The van der Waals surface area contributed by atoms with Crippen molar-refractivity contribution in [2.24, 2.45) is 9.98 Å². The van der Waals surface area contributed by atoms with Gasteiger partial charge in [-0.25, -0.2) is 9.98 Å². The van der Waals surface area contributed by atoms with Crippen molar-refractivity contribution in [3.63, 3.8) is 0 Å². The van der Waals surface area contributed by atoms with Gasteiger partial charge in [0, 0.05) is 40.0 Å². The quantitative estimate of drug-likeness (QED) is 0.159. The van der Waals surface area contributed by atoms with Crippen LogP contribution in [0, 0.1) is 0 Å². The number of amidine groups is 2. The average molecular weight is 759 g/mol. The van der Waals surface area contributed by atoms with E-state index in [2.05, 4.69) is 190 Å². The summed E-state index contributed by atoms with van der Waals surface area (Å²) in [6, 6.07) is 68.4.